The van der Waals surface area contributed by atoms with E-state index in [0.29, 0.717) is 0 Å². The third kappa shape index (κ3) is 1.92. The molecule has 3 aromatic rings. The molecule has 0 aromatic heterocycles. The Labute approximate surface area is 137 Å². The van der Waals surface area contributed by atoms with Gasteiger partial charge in [0.25, 0.3) is 0 Å². The fourth-order valence-electron chi connectivity index (χ4n) is 3.82. The van der Waals surface area contributed by atoms with Crippen LogP contribution in [0.3, 0.4) is 0 Å². The summed E-state index contributed by atoms with van der Waals surface area (Å²) in [6.45, 7) is 6.21. The Morgan fingerprint density at radius 2 is 1.74 bits per heavy atom. The average Bonchev–Trinajstić information content (AvgIpc) is 3.25. The first-order valence-electron chi connectivity index (χ1n) is 8.43. The SMILES string of the molecule is CC.Cc1ccc2c3c1ccc1ccc(C4=C=CC=C4)c(c13)C2. The van der Waals surface area contributed by atoms with E-state index in [1.807, 2.05) is 19.9 Å². The van der Waals surface area contributed by atoms with E-state index in [4.69, 9.17) is 0 Å². The van der Waals surface area contributed by atoms with Crippen molar-refractivity contribution in [3.63, 3.8) is 0 Å². The molecule has 0 heterocycles. The van der Waals surface area contributed by atoms with Gasteiger partial charge in [-0.1, -0.05) is 56.3 Å². The summed E-state index contributed by atoms with van der Waals surface area (Å²) in [6.07, 6.45) is 7.27. The van der Waals surface area contributed by atoms with Crippen molar-refractivity contribution in [2.24, 2.45) is 0 Å². The molecule has 112 valence electrons. The van der Waals surface area contributed by atoms with Crippen molar-refractivity contribution in [1.29, 1.82) is 0 Å². The maximum Gasteiger partial charge on any atom is 0.0240 e. The monoisotopic (exact) mass is 296 g/mol. The van der Waals surface area contributed by atoms with Gasteiger partial charge in [-0.2, -0.15) is 0 Å². The van der Waals surface area contributed by atoms with Crippen LogP contribution in [0, 0.1) is 6.92 Å². The lowest BCUT2D eigenvalue weighted by molar-refractivity contribution is 1.26. The van der Waals surface area contributed by atoms with Gasteiger partial charge in [0.15, 0.2) is 0 Å². The Morgan fingerprint density at radius 1 is 0.913 bits per heavy atom. The molecule has 0 saturated heterocycles. The van der Waals surface area contributed by atoms with Crippen molar-refractivity contribution >= 4 is 27.1 Å². The lowest BCUT2D eigenvalue weighted by Gasteiger charge is -2.09. The zero-order valence-electron chi connectivity index (χ0n) is 13.9. The highest BCUT2D eigenvalue weighted by Gasteiger charge is 2.21. The summed E-state index contributed by atoms with van der Waals surface area (Å²) in [5.74, 6) is 0. The van der Waals surface area contributed by atoms with Crippen LogP contribution in [0.1, 0.15) is 36.1 Å². The highest BCUT2D eigenvalue weighted by atomic mass is 14.2. The normalized spacial score (nSPS) is 13.8. The van der Waals surface area contributed by atoms with Gasteiger partial charge >= 0.3 is 0 Å². The van der Waals surface area contributed by atoms with E-state index in [0.717, 1.165) is 6.42 Å². The molecule has 5 rings (SSSR count). The number of hydrogen-bond acceptors (Lipinski definition) is 0. The van der Waals surface area contributed by atoms with Crippen LogP contribution in [-0.4, -0.2) is 0 Å². The quantitative estimate of drug-likeness (QED) is 0.284. The lowest BCUT2D eigenvalue weighted by atomic mass is 9.94. The molecule has 3 aromatic carbocycles. The average molecular weight is 296 g/mol. The molecule has 0 amide bonds. The van der Waals surface area contributed by atoms with Crippen molar-refractivity contribution < 1.29 is 0 Å². The van der Waals surface area contributed by atoms with Gasteiger partial charge < -0.3 is 0 Å². The van der Waals surface area contributed by atoms with Crippen LogP contribution in [0.15, 0.2) is 60.4 Å². The number of aryl methyl sites for hydroxylation is 1. The first-order valence-corrected chi connectivity index (χ1v) is 8.43. The molecule has 0 bridgehead atoms. The van der Waals surface area contributed by atoms with Gasteiger partial charge in [-0.3, -0.25) is 0 Å². The van der Waals surface area contributed by atoms with Gasteiger partial charge in [0.2, 0.25) is 0 Å². The van der Waals surface area contributed by atoms with Crippen molar-refractivity contribution in [2.75, 3.05) is 0 Å². The molecule has 0 unspecified atom stereocenters. The number of benzene rings is 3. The largest absolute Gasteiger partial charge is 0.112 e. The van der Waals surface area contributed by atoms with E-state index in [1.165, 1.54) is 49.4 Å². The van der Waals surface area contributed by atoms with Crippen LogP contribution >= 0.6 is 0 Å². The van der Waals surface area contributed by atoms with Gasteiger partial charge in [-0.25, -0.2) is 0 Å². The predicted molar refractivity (Wildman–Crippen MR) is 101 cm³/mol. The van der Waals surface area contributed by atoms with Gasteiger partial charge in [0, 0.05) is 5.57 Å². The summed E-state index contributed by atoms with van der Waals surface area (Å²) in [5, 5.41) is 5.69. The van der Waals surface area contributed by atoms with Crippen molar-refractivity contribution in [3.8, 4) is 0 Å². The van der Waals surface area contributed by atoms with E-state index in [2.05, 4.69) is 61.2 Å². The van der Waals surface area contributed by atoms with Crippen LogP contribution in [0.5, 0.6) is 0 Å². The zero-order valence-corrected chi connectivity index (χ0v) is 13.9. The molecule has 0 aliphatic heterocycles. The highest BCUT2D eigenvalue weighted by Crippen LogP contribution is 2.42. The Balaban J connectivity index is 0.000000652. The van der Waals surface area contributed by atoms with Crippen LogP contribution < -0.4 is 0 Å². The van der Waals surface area contributed by atoms with Crippen LogP contribution in [0.2, 0.25) is 0 Å². The first kappa shape index (κ1) is 14.1. The summed E-state index contributed by atoms with van der Waals surface area (Å²) in [5.41, 5.74) is 10.2. The second-order valence-electron chi connectivity index (χ2n) is 5.98. The summed E-state index contributed by atoms with van der Waals surface area (Å²) < 4.78 is 0. The van der Waals surface area contributed by atoms with Crippen LogP contribution in [-0.2, 0) is 6.42 Å². The molecule has 0 fully saturated rings. The maximum atomic E-state index is 3.36. The summed E-state index contributed by atoms with van der Waals surface area (Å²) in [4.78, 5) is 0. The topological polar surface area (TPSA) is 0 Å². The molecular weight excluding hydrogens is 276 g/mol. The molecule has 0 atom stereocenters. The van der Waals surface area contributed by atoms with Crippen LogP contribution in [0.25, 0.3) is 27.1 Å². The minimum atomic E-state index is 1.04. The van der Waals surface area contributed by atoms with E-state index in [1.54, 1.807) is 0 Å². The first-order chi connectivity index (χ1) is 11.3. The molecule has 23 heavy (non-hydrogen) atoms. The zero-order chi connectivity index (χ0) is 16.0. The maximum absolute atomic E-state index is 3.36. The number of rotatable bonds is 1. The highest BCUT2D eigenvalue weighted by molar-refractivity contribution is 6.15. The van der Waals surface area contributed by atoms with E-state index in [9.17, 15) is 0 Å². The molecule has 0 saturated carbocycles. The van der Waals surface area contributed by atoms with Gasteiger partial charge in [0.05, 0.1) is 0 Å². The van der Waals surface area contributed by atoms with Crippen molar-refractivity contribution in [2.45, 2.75) is 27.2 Å². The molecule has 0 N–H and O–H groups in total. The van der Waals surface area contributed by atoms with Crippen LogP contribution in [0.4, 0.5) is 0 Å². The Hall–Kier alpha value is -2.56. The standard InChI is InChI=1S/C21H14.C2H6/c1-13-6-7-16-12-19-18(14-4-2-3-5-14)11-9-15-8-10-17(13)21(16)20(15)19;1-2/h2-4,6-11H,12H2,1H3;1-2H3. The molecule has 0 radical (unpaired) electrons. The minimum absolute atomic E-state index is 1.04. The fourth-order valence-corrected chi connectivity index (χ4v) is 3.82. The van der Waals surface area contributed by atoms with Gasteiger partial charge in [-0.15, -0.1) is 5.73 Å². The second-order valence-corrected chi connectivity index (χ2v) is 5.98. The smallest absolute Gasteiger partial charge is 0.0240 e. The third-order valence-corrected chi connectivity index (χ3v) is 4.83. The summed E-state index contributed by atoms with van der Waals surface area (Å²) in [6, 6.07) is 13.6. The fraction of sp³-hybridized carbons (Fsp3) is 0.174. The van der Waals surface area contributed by atoms with E-state index >= 15 is 0 Å². The predicted octanol–water partition coefficient (Wildman–Crippen LogP) is 6.34. The Morgan fingerprint density at radius 3 is 2.52 bits per heavy atom. The van der Waals surface area contributed by atoms with Gasteiger partial charge in [-0.05, 0) is 69.3 Å². The van der Waals surface area contributed by atoms with Gasteiger partial charge in [0.1, 0.15) is 0 Å². The number of allylic oxidation sites excluding steroid dienone is 3. The number of hydrogen-bond donors (Lipinski definition) is 0. The molecule has 2 aliphatic rings. The summed E-state index contributed by atoms with van der Waals surface area (Å²) in [7, 11) is 0. The van der Waals surface area contributed by atoms with E-state index in [-0.39, 0.29) is 0 Å². The molecule has 0 nitrogen and oxygen atoms in total. The van der Waals surface area contributed by atoms with Crippen molar-refractivity contribution in [3.05, 3.63) is 82.6 Å². The summed E-state index contributed by atoms with van der Waals surface area (Å²) >= 11 is 0. The molecule has 0 heteroatoms. The molecular formula is C23H20. The minimum Gasteiger partial charge on any atom is -0.112 e. The third-order valence-electron chi connectivity index (χ3n) is 4.83. The molecule has 2 aliphatic carbocycles. The Bertz CT molecular complexity index is 1040. The second kappa shape index (κ2) is 5.26. The molecule has 0 spiro atoms. The lowest BCUT2D eigenvalue weighted by Crippen LogP contribution is -1.89. The van der Waals surface area contributed by atoms with Crippen molar-refractivity contribution in [1.82, 2.24) is 0 Å². The van der Waals surface area contributed by atoms with E-state index < -0.39 is 0 Å². The Kier molecular flexibility index (Phi) is 3.22.